The Morgan fingerprint density at radius 1 is 1.47 bits per heavy atom. The molecule has 1 aliphatic heterocycles. The van der Waals surface area contributed by atoms with Gasteiger partial charge in [0.1, 0.15) is 18.9 Å². The topological polar surface area (TPSA) is 121 Å². The summed E-state index contributed by atoms with van der Waals surface area (Å²) < 4.78 is 1.20. The summed E-state index contributed by atoms with van der Waals surface area (Å²) in [6.07, 6.45) is 0.519. The van der Waals surface area contributed by atoms with Gasteiger partial charge in [0, 0.05) is 13.0 Å². The standard InChI is InChI=1S/C8H11N5O4/c14-5-1-6(8(16)17)13(2-5)7(15)3-12-4-9-10-11-12/h4-6,14H,1-3H2,(H,16,17)/t5-,6-/m1/s1. The number of nitrogens with zero attached hydrogens (tertiary/aromatic N) is 5. The van der Waals surface area contributed by atoms with E-state index >= 15 is 0 Å². The Morgan fingerprint density at radius 3 is 2.82 bits per heavy atom. The zero-order chi connectivity index (χ0) is 12.4. The number of hydrogen-bond acceptors (Lipinski definition) is 6. The van der Waals surface area contributed by atoms with Gasteiger partial charge in [-0.25, -0.2) is 9.48 Å². The maximum atomic E-state index is 11.8. The molecule has 0 bridgehead atoms. The van der Waals surface area contributed by atoms with Gasteiger partial charge in [-0.3, -0.25) is 4.79 Å². The van der Waals surface area contributed by atoms with Crippen molar-refractivity contribution in [1.82, 2.24) is 25.1 Å². The summed E-state index contributed by atoms with van der Waals surface area (Å²) in [4.78, 5) is 23.9. The summed E-state index contributed by atoms with van der Waals surface area (Å²) in [5.74, 6) is -1.55. The molecule has 1 aromatic heterocycles. The molecule has 1 aliphatic rings. The lowest BCUT2D eigenvalue weighted by Crippen LogP contribution is -2.42. The highest BCUT2D eigenvalue weighted by molar-refractivity contribution is 5.84. The molecule has 2 N–H and O–H groups in total. The number of aliphatic hydroxyl groups excluding tert-OH is 1. The third kappa shape index (κ3) is 2.38. The van der Waals surface area contributed by atoms with Gasteiger partial charge >= 0.3 is 5.97 Å². The van der Waals surface area contributed by atoms with Gasteiger partial charge in [0.05, 0.1) is 6.10 Å². The molecule has 17 heavy (non-hydrogen) atoms. The lowest BCUT2D eigenvalue weighted by molar-refractivity contribution is -0.148. The zero-order valence-corrected chi connectivity index (χ0v) is 8.80. The van der Waals surface area contributed by atoms with E-state index in [1.54, 1.807) is 0 Å². The largest absolute Gasteiger partial charge is 0.480 e. The predicted octanol–water partition coefficient (Wildman–Crippen LogP) is -2.28. The number of amides is 1. The van der Waals surface area contributed by atoms with Crippen LogP contribution in [0.5, 0.6) is 0 Å². The van der Waals surface area contributed by atoms with Crippen LogP contribution in [-0.4, -0.2) is 65.9 Å². The van der Waals surface area contributed by atoms with Crippen LogP contribution in [0.2, 0.25) is 0 Å². The lowest BCUT2D eigenvalue weighted by atomic mass is 10.2. The number of rotatable bonds is 3. The molecule has 92 valence electrons. The quantitative estimate of drug-likeness (QED) is 0.611. The minimum absolute atomic E-state index is 0.0257. The van der Waals surface area contributed by atoms with Crippen molar-refractivity contribution in [1.29, 1.82) is 0 Å². The number of carbonyl (C=O) groups excluding carboxylic acids is 1. The third-order valence-electron chi connectivity index (χ3n) is 2.57. The second-order valence-corrected chi connectivity index (χ2v) is 3.80. The van der Waals surface area contributed by atoms with Gasteiger partial charge in [0.2, 0.25) is 5.91 Å². The number of likely N-dealkylation sites (tertiary alicyclic amines) is 1. The maximum Gasteiger partial charge on any atom is 0.326 e. The Bertz CT molecular complexity index is 420. The van der Waals surface area contributed by atoms with E-state index < -0.39 is 24.0 Å². The number of β-amino-alcohol motifs (C(OH)–C–C–N with tert-alkyl or cyclic N) is 1. The minimum Gasteiger partial charge on any atom is -0.480 e. The molecule has 0 radical (unpaired) electrons. The van der Waals surface area contributed by atoms with Crippen LogP contribution >= 0.6 is 0 Å². The van der Waals surface area contributed by atoms with Crippen molar-refractivity contribution in [2.75, 3.05) is 6.54 Å². The smallest absolute Gasteiger partial charge is 0.326 e. The Kier molecular flexibility index (Phi) is 3.00. The van der Waals surface area contributed by atoms with Crippen LogP contribution in [0.4, 0.5) is 0 Å². The molecule has 9 heteroatoms. The number of carboxylic acids is 1. The van der Waals surface area contributed by atoms with E-state index in [1.807, 2.05) is 0 Å². The highest BCUT2D eigenvalue weighted by Crippen LogP contribution is 2.18. The van der Waals surface area contributed by atoms with Crippen molar-refractivity contribution in [3.63, 3.8) is 0 Å². The molecular formula is C8H11N5O4. The number of tetrazole rings is 1. The van der Waals surface area contributed by atoms with E-state index in [-0.39, 0.29) is 19.5 Å². The van der Waals surface area contributed by atoms with Crippen molar-refractivity contribution in [2.45, 2.75) is 25.1 Å². The van der Waals surface area contributed by atoms with Crippen LogP contribution < -0.4 is 0 Å². The normalized spacial score (nSPS) is 23.9. The first kappa shape index (κ1) is 11.5. The van der Waals surface area contributed by atoms with E-state index in [9.17, 15) is 14.7 Å². The molecule has 0 spiro atoms. The Labute approximate surface area is 95.6 Å². The summed E-state index contributed by atoms with van der Waals surface area (Å²) in [5, 5.41) is 28.6. The third-order valence-corrected chi connectivity index (χ3v) is 2.57. The van der Waals surface area contributed by atoms with E-state index in [1.165, 1.54) is 11.0 Å². The zero-order valence-electron chi connectivity index (χ0n) is 8.80. The molecule has 2 atom stereocenters. The predicted molar refractivity (Wildman–Crippen MR) is 51.6 cm³/mol. The van der Waals surface area contributed by atoms with Gasteiger partial charge in [-0.2, -0.15) is 0 Å². The fraction of sp³-hybridized carbons (Fsp3) is 0.625. The summed E-state index contributed by atoms with van der Waals surface area (Å²) >= 11 is 0. The van der Waals surface area contributed by atoms with E-state index in [0.29, 0.717) is 0 Å². The van der Waals surface area contributed by atoms with E-state index in [2.05, 4.69) is 15.5 Å². The van der Waals surface area contributed by atoms with E-state index in [4.69, 9.17) is 5.11 Å². The van der Waals surface area contributed by atoms with Crippen molar-refractivity contribution in [3.05, 3.63) is 6.33 Å². The van der Waals surface area contributed by atoms with Gasteiger partial charge < -0.3 is 15.1 Å². The van der Waals surface area contributed by atoms with Crippen LogP contribution in [0.3, 0.4) is 0 Å². The molecule has 1 amide bonds. The Morgan fingerprint density at radius 2 is 2.24 bits per heavy atom. The van der Waals surface area contributed by atoms with Crippen LogP contribution in [-0.2, 0) is 16.1 Å². The molecule has 0 aliphatic carbocycles. The van der Waals surface area contributed by atoms with Crippen LogP contribution in [0.25, 0.3) is 0 Å². The van der Waals surface area contributed by atoms with Crippen LogP contribution in [0, 0.1) is 0 Å². The average Bonchev–Trinajstić information content (AvgIpc) is 2.86. The molecular weight excluding hydrogens is 230 g/mol. The molecule has 1 saturated heterocycles. The molecule has 0 aromatic carbocycles. The first-order chi connectivity index (χ1) is 8.08. The van der Waals surface area contributed by atoms with Crippen molar-refractivity contribution < 1.29 is 19.8 Å². The monoisotopic (exact) mass is 241 g/mol. The van der Waals surface area contributed by atoms with E-state index in [0.717, 1.165) is 4.90 Å². The number of carbonyl (C=O) groups is 2. The highest BCUT2D eigenvalue weighted by atomic mass is 16.4. The summed E-state index contributed by atoms with van der Waals surface area (Å²) in [6, 6.07) is -0.978. The van der Waals surface area contributed by atoms with Gasteiger partial charge in [-0.15, -0.1) is 5.10 Å². The van der Waals surface area contributed by atoms with Crippen LogP contribution in [0.1, 0.15) is 6.42 Å². The lowest BCUT2D eigenvalue weighted by Gasteiger charge is -2.20. The SMILES string of the molecule is O=C(O)[C@H]1C[C@@H](O)CN1C(=O)Cn1cnnn1. The van der Waals surface area contributed by atoms with Gasteiger partial charge in [0.15, 0.2) is 0 Å². The Balaban J connectivity index is 2.05. The highest BCUT2D eigenvalue weighted by Gasteiger charge is 2.38. The molecule has 0 unspecified atom stereocenters. The first-order valence-electron chi connectivity index (χ1n) is 4.99. The number of aliphatic hydroxyl groups is 1. The molecule has 0 saturated carbocycles. The summed E-state index contributed by atoms with van der Waals surface area (Å²) in [6.45, 7) is -0.110. The minimum atomic E-state index is -1.12. The fourth-order valence-electron chi connectivity index (χ4n) is 1.81. The number of hydrogen-bond donors (Lipinski definition) is 2. The van der Waals surface area contributed by atoms with Gasteiger partial charge in [-0.1, -0.05) is 0 Å². The average molecular weight is 241 g/mol. The first-order valence-corrected chi connectivity index (χ1v) is 4.99. The second kappa shape index (κ2) is 4.45. The maximum absolute atomic E-state index is 11.8. The van der Waals surface area contributed by atoms with Gasteiger partial charge in [-0.05, 0) is 10.4 Å². The molecule has 1 aromatic rings. The van der Waals surface area contributed by atoms with Crippen molar-refractivity contribution in [3.8, 4) is 0 Å². The summed E-state index contributed by atoms with van der Waals surface area (Å²) in [7, 11) is 0. The number of aliphatic carboxylic acids is 1. The Hall–Kier alpha value is -2.03. The summed E-state index contributed by atoms with van der Waals surface area (Å²) in [5.41, 5.74) is 0. The van der Waals surface area contributed by atoms with Crippen molar-refractivity contribution >= 4 is 11.9 Å². The second-order valence-electron chi connectivity index (χ2n) is 3.80. The van der Waals surface area contributed by atoms with Crippen molar-refractivity contribution in [2.24, 2.45) is 0 Å². The number of carboxylic acid groups (broad SMARTS) is 1. The molecule has 1 fully saturated rings. The number of aromatic nitrogens is 4. The van der Waals surface area contributed by atoms with Gasteiger partial charge in [0.25, 0.3) is 0 Å². The molecule has 9 nitrogen and oxygen atoms in total. The molecule has 2 heterocycles. The molecule has 2 rings (SSSR count). The fourth-order valence-corrected chi connectivity index (χ4v) is 1.81. The van der Waals surface area contributed by atoms with Crippen LogP contribution in [0.15, 0.2) is 6.33 Å².